The van der Waals surface area contributed by atoms with E-state index >= 15 is 0 Å². The van der Waals surface area contributed by atoms with Crippen LogP contribution in [0.15, 0.2) is 34.9 Å². The number of carbonyl (C=O) groups excluding carboxylic acids is 2. The molecule has 1 aromatic carbocycles. The molecule has 0 radical (unpaired) electrons. The van der Waals surface area contributed by atoms with Gasteiger partial charge in [0.2, 0.25) is 11.8 Å². The summed E-state index contributed by atoms with van der Waals surface area (Å²) in [4.78, 5) is 28.9. The molecule has 2 heterocycles. The zero-order valence-electron chi connectivity index (χ0n) is 17.6. The summed E-state index contributed by atoms with van der Waals surface area (Å²) in [6.07, 6.45) is 1.86. The Morgan fingerprint density at radius 1 is 1.28 bits per heavy atom. The van der Waals surface area contributed by atoms with Crippen LogP contribution in [-0.4, -0.2) is 67.7 Å². The van der Waals surface area contributed by atoms with Crippen molar-refractivity contribution in [1.29, 1.82) is 0 Å². The highest BCUT2D eigenvalue weighted by atomic mass is 16.5. The number of benzene rings is 1. The highest BCUT2D eigenvalue weighted by Crippen LogP contribution is 2.36. The van der Waals surface area contributed by atoms with Gasteiger partial charge in [0.15, 0.2) is 0 Å². The maximum atomic E-state index is 13.2. The average molecular weight is 399 g/mol. The Hall–Kier alpha value is -2.67. The fourth-order valence-corrected chi connectivity index (χ4v) is 4.02. The molecule has 2 aromatic rings. The Kier molecular flexibility index (Phi) is 6.37. The maximum Gasteiger partial charge on any atom is 0.248 e. The second-order valence-corrected chi connectivity index (χ2v) is 8.05. The zero-order valence-corrected chi connectivity index (χ0v) is 17.6. The number of aromatic nitrogens is 1. The van der Waals surface area contributed by atoms with Gasteiger partial charge < -0.3 is 19.1 Å². The van der Waals surface area contributed by atoms with Gasteiger partial charge in [-0.2, -0.15) is 0 Å². The molecular formula is C22H29N3O4. The molecule has 1 aliphatic heterocycles. The largest absolute Gasteiger partial charge is 0.375 e. The number of hydrogen-bond donors (Lipinski definition) is 0. The van der Waals surface area contributed by atoms with Crippen molar-refractivity contribution in [2.24, 2.45) is 5.41 Å². The third kappa shape index (κ3) is 4.67. The van der Waals surface area contributed by atoms with Crippen LogP contribution in [0.2, 0.25) is 0 Å². The van der Waals surface area contributed by atoms with E-state index in [2.05, 4.69) is 5.16 Å². The van der Waals surface area contributed by atoms with Crippen LogP contribution >= 0.6 is 0 Å². The second-order valence-electron chi connectivity index (χ2n) is 8.05. The average Bonchev–Trinajstić information content (AvgIpc) is 3.16. The van der Waals surface area contributed by atoms with E-state index in [-0.39, 0.29) is 18.4 Å². The number of piperidine rings is 1. The number of nitrogens with zero attached hydrogens (tertiary/aromatic N) is 3. The third-order valence-electron chi connectivity index (χ3n) is 5.48. The smallest absolute Gasteiger partial charge is 0.248 e. The van der Waals surface area contributed by atoms with Gasteiger partial charge in [-0.25, -0.2) is 0 Å². The van der Waals surface area contributed by atoms with Gasteiger partial charge in [0.25, 0.3) is 0 Å². The van der Waals surface area contributed by atoms with Gasteiger partial charge >= 0.3 is 0 Å². The van der Waals surface area contributed by atoms with Gasteiger partial charge in [-0.3, -0.25) is 9.59 Å². The number of likely N-dealkylation sites (tertiary alicyclic amines) is 1. The van der Waals surface area contributed by atoms with Crippen LogP contribution in [0.25, 0.3) is 11.3 Å². The molecule has 0 unspecified atom stereocenters. The first-order chi connectivity index (χ1) is 13.8. The van der Waals surface area contributed by atoms with Crippen molar-refractivity contribution in [2.45, 2.75) is 26.2 Å². The van der Waals surface area contributed by atoms with E-state index in [4.69, 9.17) is 9.26 Å². The van der Waals surface area contributed by atoms with Crippen LogP contribution in [0, 0.1) is 12.3 Å². The first-order valence-corrected chi connectivity index (χ1v) is 9.86. The van der Waals surface area contributed by atoms with E-state index in [1.165, 1.54) is 12.7 Å². The van der Waals surface area contributed by atoms with Crippen molar-refractivity contribution in [1.82, 2.24) is 15.0 Å². The summed E-state index contributed by atoms with van der Waals surface area (Å²) >= 11 is 0. The van der Waals surface area contributed by atoms with Crippen LogP contribution < -0.4 is 0 Å². The van der Waals surface area contributed by atoms with Gasteiger partial charge in [-0.15, -0.1) is 0 Å². The highest BCUT2D eigenvalue weighted by Gasteiger charge is 2.45. The Morgan fingerprint density at radius 2 is 2.00 bits per heavy atom. The molecule has 1 saturated heterocycles. The molecule has 1 atom stereocenters. The van der Waals surface area contributed by atoms with E-state index in [0.717, 1.165) is 17.7 Å². The van der Waals surface area contributed by atoms with Crippen LogP contribution in [0.4, 0.5) is 0 Å². The Labute approximate surface area is 171 Å². The zero-order chi connectivity index (χ0) is 21.0. The Bertz CT molecular complexity index is 859. The number of rotatable bonds is 6. The predicted octanol–water partition coefficient (Wildman–Crippen LogP) is 2.54. The molecule has 1 aromatic heterocycles. The second kappa shape index (κ2) is 8.78. The lowest BCUT2D eigenvalue weighted by Crippen LogP contribution is -2.54. The third-order valence-corrected chi connectivity index (χ3v) is 5.48. The lowest BCUT2D eigenvalue weighted by molar-refractivity contribution is -0.149. The summed E-state index contributed by atoms with van der Waals surface area (Å²) in [5.74, 6) is 0.554. The fraction of sp³-hybridized carbons (Fsp3) is 0.500. The molecule has 0 bridgehead atoms. The molecule has 7 nitrogen and oxygen atoms in total. The number of aryl methyl sites for hydroxylation is 1. The van der Waals surface area contributed by atoms with Crippen molar-refractivity contribution >= 4 is 11.8 Å². The van der Waals surface area contributed by atoms with E-state index < -0.39 is 5.41 Å². The molecule has 0 saturated carbocycles. The summed E-state index contributed by atoms with van der Waals surface area (Å²) in [5, 5.41) is 4.20. The minimum absolute atomic E-state index is 0.000651. The molecule has 0 N–H and O–H groups in total. The summed E-state index contributed by atoms with van der Waals surface area (Å²) in [7, 11) is 5.00. The first kappa shape index (κ1) is 21.0. The standard InChI is InChI=1S/C22H29N3O4/c1-16-6-8-17(9-7-16)19-12-18(29-23-19)13-22(21(27)24(2)3)10-5-11-25(15-22)20(26)14-28-4/h6-9,12H,5,10-11,13-15H2,1-4H3/t22-/m1/s1. The fourth-order valence-electron chi connectivity index (χ4n) is 4.02. The number of hydrogen-bond acceptors (Lipinski definition) is 5. The molecule has 29 heavy (non-hydrogen) atoms. The summed E-state index contributed by atoms with van der Waals surface area (Å²) in [5.41, 5.74) is 2.17. The van der Waals surface area contributed by atoms with E-state index in [1.54, 1.807) is 23.9 Å². The van der Waals surface area contributed by atoms with Gasteiger partial charge in [-0.05, 0) is 19.8 Å². The minimum Gasteiger partial charge on any atom is -0.375 e. The van der Waals surface area contributed by atoms with Gasteiger partial charge in [-0.1, -0.05) is 35.0 Å². The van der Waals surface area contributed by atoms with Crippen molar-refractivity contribution < 1.29 is 18.8 Å². The van der Waals surface area contributed by atoms with Crippen LogP contribution in [-0.2, 0) is 20.7 Å². The first-order valence-electron chi connectivity index (χ1n) is 9.86. The number of carbonyl (C=O) groups is 2. The van der Waals surface area contributed by atoms with Crippen LogP contribution in [0.1, 0.15) is 24.2 Å². The monoisotopic (exact) mass is 399 g/mol. The quantitative estimate of drug-likeness (QED) is 0.746. The van der Waals surface area contributed by atoms with Crippen molar-refractivity contribution in [2.75, 3.05) is 40.9 Å². The lowest BCUT2D eigenvalue weighted by Gasteiger charge is -2.42. The minimum atomic E-state index is -0.727. The van der Waals surface area contributed by atoms with Crippen molar-refractivity contribution in [3.05, 3.63) is 41.7 Å². The number of ether oxygens (including phenoxy) is 1. The van der Waals surface area contributed by atoms with Crippen LogP contribution in [0.5, 0.6) is 0 Å². The van der Waals surface area contributed by atoms with Gasteiger partial charge in [0.1, 0.15) is 18.1 Å². The molecular weight excluding hydrogens is 370 g/mol. The van der Waals surface area contributed by atoms with E-state index in [0.29, 0.717) is 31.7 Å². The summed E-state index contributed by atoms with van der Waals surface area (Å²) in [6.45, 7) is 3.04. The highest BCUT2D eigenvalue weighted by molar-refractivity contribution is 5.85. The molecule has 0 aliphatic carbocycles. The molecule has 0 spiro atoms. The SMILES string of the molecule is COCC(=O)N1CCC[C@](Cc2cc(-c3ccc(C)cc3)no2)(C(=O)N(C)C)C1. The molecule has 2 amide bonds. The van der Waals surface area contributed by atoms with Crippen molar-refractivity contribution in [3.8, 4) is 11.3 Å². The maximum absolute atomic E-state index is 13.2. The summed E-state index contributed by atoms with van der Waals surface area (Å²) < 4.78 is 10.6. The molecule has 7 heteroatoms. The summed E-state index contributed by atoms with van der Waals surface area (Å²) in [6, 6.07) is 9.96. The molecule has 1 aliphatic rings. The van der Waals surface area contributed by atoms with Gasteiger partial charge in [0.05, 0.1) is 5.41 Å². The lowest BCUT2D eigenvalue weighted by atomic mass is 9.75. The molecule has 3 rings (SSSR count). The number of methoxy groups -OCH3 is 1. The van der Waals surface area contributed by atoms with Crippen LogP contribution in [0.3, 0.4) is 0 Å². The number of amides is 2. The Morgan fingerprint density at radius 3 is 2.66 bits per heavy atom. The van der Waals surface area contributed by atoms with Crippen molar-refractivity contribution in [3.63, 3.8) is 0 Å². The molecule has 1 fully saturated rings. The normalized spacial score (nSPS) is 19.2. The van der Waals surface area contributed by atoms with E-state index in [1.807, 2.05) is 37.3 Å². The van der Waals surface area contributed by atoms with E-state index in [9.17, 15) is 9.59 Å². The topological polar surface area (TPSA) is 75.9 Å². The van der Waals surface area contributed by atoms with Gasteiger partial charge in [0, 0.05) is 52.3 Å². The Balaban J connectivity index is 1.85. The molecule has 156 valence electrons. The predicted molar refractivity (Wildman–Crippen MR) is 109 cm³/mol.